The predicted molar refractivity (Wildman–Crippen MR) is 75.7 cm³/mol. The lowest BCUT2D eigenvalue weighted by molar-refractivity contribution is -0.384. The van der Waals surface area contributed by atoms with Crippen LogP contribution >= 0.6 is 12.6 Å². The minimum absolute atomic E-state index is 0.128. The third-order valence-electron chi connectivity index (χ3n) is 2.64. The summed E-state index contributed by atoms with van der Waals surface area (Å²) in [4.78, 5) is 26.5. The number of rotatable bonds is 4. The summed E-state index contributed by atoms with van der Waals surface area (Å²) in [6, 6.07) is 4.03. The van der Waals surface area contributed by atoms with Gasteiger partial charge in [-0.3, -0.25) is 19.5 Å². The monoisotopic (exact) mass is 277 g/mol. The van der Waals surface area contributed by atoms with Gasteiger partial charge in [0.25, 0.3) is 11.2 Å². The van der Waals surface area contributed by atoms with Crippen LogP contribution in [0.3, 0.4) is 0 Å². The van der Waals surface area contributed by atoms with E-state index in [1.165, 1.54) is 29.1 Å². The fourth-order valence-electron chi connectivity index (χ4n) is 1.66. The second kappa shape index (κ2) is 5.23. The van der Waals surface area contributed by atoms with Gasteiger partial charge in [0.15, 0.2) is 0 Å². The number of nitro benzene ring substituents is 1. The maximum absolute atomic E-state index is 12.2. The molecule has 0 aliphatic heterocycles. The molecule has 0 aliphatic rings. The number of aromatic nitrogens is 2. The second-order valence-corrected chi connectivity index (χ2v) is 4.36. The van der Waals surface area contributed by atoms with Crippen LogP contribution in [0, 0.1) is 10.1 Å². The minimum Gasteiger partial charge on any atom is -0.295 e. The fraction of sp³-hybridized carbons (Fsp3) is 0.167. The molecule has 0 fully saturated rings. The van der Waals surface area contributed by atoms with E-state index < -0.39 is 4.92 Å². The van der Waals surface area contributed by atoms with Crippen molar-refractivity contribution in [2.45, 2.75) is 6.54 Å². The van der Waals surface area contributed by atoms with Crippen molar-refractivity contribution in [2.24, 2.45) is 0 Å². The Bertz CT molecular complexity index is 724. The van der Waals surface area contributed by atoms with Crippen LogP contribution in [-0.4, -0.2) is 20.2 Å². The van der Waals surface area contributed by atoms with E-state index >= 15 is 0 Å². The molecule has 0 N–H and O–H groups in total. The smallest absolute Gasteiger partial charge is 0.270 e. The van der Waals surface area contributed by atoms with Gasteiger partial charge in [-0.15, -0.1) is 0 Å². The number of nitrogens with zero attached hydrogens (tertiary/aromatic N) is 3. The number of hydrogen-bond acceptors (Lipinski definition) is 5. The number of thiol groups is 1. The second-order valence-electron chi connectivity index (χ2n) is 4.04. The molecule has 0 atom stereocenters. The highest BCUT2D eigenvalue weighted by atomic mass is 32.1. The Morgan fingerprint density at radius 2 is 2.26 bits per heavy atom. The average molecular weight is 277 g/mol. The van der Waals surface area contributed by atoms with Gasteiger partial charge in [0, 0.05) is 24.4 Å². The third-order valence-corrected chi connectivity index (χ3v) is 3.08. The predicted octanol–water partition coefficient (Wildman–Crippen LogP) is 1.79. The Morgan fingerprint density at radius 3 is 2.89 bits per heavy atom. The van der Waals surface area contributed by atoms with Gasteiger partial charge < -0.3 is 0 Å². The van der Waals surface area contributed by atoms with E-state index in [0.717, 1.165) is 5.57 Å². The Hall–Kier alpha value is -2.15. The lowest BCUT2D eigenvalue weighted by Gasteiger charge is -2.07. The van der Waals surface area contributed by atoms with Crippen LogP contribution in [0.5, 0.6) is 0 Å². The molecule has 0 bridgehead atoms. The summed E-state index contributed by atoms with van der Waals surface area (Å²) in [6.45, 7) is 4.06. The number of hydrogen-bond donors (Lipinski definition) is 1. The molecule has 1 heterocycles. The topological polar surface area (TPSA) is 78.0 Å². The van der Waals surface area contributed by atoms with Crippen LogP contribution in [0.15, 0.2) is 41.5 Å². The zero-order valence-corrected chi connectivity index (χ0v) is 10.8. The van der Waals surface area contributed by atoms with Crippen molar-refractivity contribution in [1.82, 2.24) is 9.55 Å². The quantitative estimate of drug-likeness (QED) is 0.400. The summed E-state index contributed by atoms with van der Waals surface area (Å²) in [6.07, 6.45) is 1.41. The average Bonchev–Trinajstić information content (AvgIpc) is 2.41. The van der Waals surface area contributed by atoms with Crippen LogP contribution < -0.4 is 5.56 Å². The third kappa shape index (κ3) is 2.65. The number of nitro groups is 1. The maximum Gasteiger partial charge on any atom is 0.270 e. The van der Waals surface area contributed by atoms with Crippen LogP contribution in [-0.2, 0) is 6.54 Å². The number of benzene rings is 1. The molecule has 19 heavy (non-hydrogen) atoms. The SMILES string of the molecule is C=C(CS)Cn1cnc2ccc([N+](=O)[O-])cc2c1=O. The zero-order valence-electron chi connectivity index (χ0n) is 9.94. The van der Waals surface area contributed by atoms with Crippen molar-refractivity contribution >= 4 is 29.2 Å². The van der Waals surface area contributed by atoms with Gasteiger partial charge in [-0.2, -0.15) is 12.6 Å². The first kappa shape index (κ1) is 13.3. The van der Waals surface area contributed by atoms with Crippen molar-refractivity contribution in [3.05, 3.63) is 57.1 Å². The molecule has 0 unspecified atom stereocenters. The molecule has 0 radical (unpaired) electrons. The Kier molecular flexibility index (Phi) is 3.66. The highest BCUT2D eigenvalue weighted by Gasteiger charge is 2.10. The Balaban J connectivity index is 2.59. The molecule has 98 valence electrons. The standard InChI is InChI=1S/C12H11N3O3S/c1-8(6-19)5-14-7-13-11-3-2-9(15(17)18)4-10(11)12(14)16/h2-4,7,19H,1,5-6H2. The van der Waals surface area contributed by atoms with Crippen LogP contribution in [0.2, 0.25) is 0 Å². The van der Waals surface area contributed by atoms with Crippen molar-refractivity contribution in [3.63, 3.8) is 0 Å². The summed E-state index contributed by atoms with van der Waals surface area (Å²) in [5.41, 5.74) is 0.745. The summed E-state index contributed by atoms with van der Waals surface area (Å²) in [5.74, 6) is 0.458. The molecule has 0 aliphatic carbocycles. The van der Waals surface area contributed by atoms with E-state index in [1.807, 2.05) is 0 Å². The first-order valence-corrected chi connectivity index (χ1v) is 6.07. The lowest BCUT2D eigenvalue weighted by Crippen LogP contribution is -2.21. The molecular formula is C12H11N3O3S. The molecule has 6 nitrogen and oxygen atoms in total. The molecule has 0 saturated heterocycles. The van der Waals surface area contributed by atoms with Crippen molar-refractivity contribution in [1.29, 1.82) is 0 Å². The molecule has 7 heteroatoms. The minimum atomic E-state index is -0.539. The summed E-state index contributed by atoms with van der Waals surface area (Å²) in [7, 11) is 0. The summed E-state index contributed by atoms with van der Waals surface area (Å²) < 4.78 is 1.37. The van der Waals surface area contributed by atoms with E-state index in [9.17, 15) is 14.9 Å². The van der Waals surface area contributed by atoms with Gasteiger partial charge in [-0.05, 0) is 11.6 Å². The molecule has 2 aromatic rings. The number of fused-ring (bicyclic) bond motifs is 1. The van der Waals surface area contributed by atoms with E-state index in [2.05, 4.69) is 24.2 Å². The van der Waals surface area contributed by atoms with Gasteiger partial charge in [-0.25, -0.2) is 4.98 Å². The highest BCUT2D eigenvalue weighted by molar-refractivity contribution is 7.80. The summed E-state index contributed by atoms with van der Waals surface area (Å²) >= 11 is 4.07. The van der Waals surface area contributed by atoms with E-state index in [1.54, 1.807) is 0 Å². The summed E-state index contributed by atoms with van der Waals surface area (Å²) in [5, 5.41) is 10.9. The van der Waals surface area contributed by atoms with E-state index in [0.29, 0.717) is 17.8 Å². The maximum atomic E-state index is 12.2. The van der Waals surface area contributed by atoms with Crippen molar-refractivity contribution < 1.29 is 4.92 Å². The van der Waals surface area contributed by atoms with Crippen molar-refractivity contribution in [2.75, 3.05) is 5.75 Å². The van der Waals surface area contributed by atoms with E-state index in [-0.39, 0.29) is 16.6 Å². The molecule has 0 spiro atoms. The van der Waals surface area contributed by atoms with Gasteiger partial charge in [0.05, 0.1) is 22.2 Å². The largest absolute Gasteiger partial charge is 0.295 e. The Morgan fingerprint density at radius 1 is 1.53 bits per heavy atom. The van der Waals surface area contributed by atoms with Crippen LogP contribution in [0.1, 0.15) is 0 Å². The normalized spacial score (nSPS) is 10.6. The first-order valence-electron chi connectivity index (χ1n) is 5.44. The molecule has 0 amide bonds. The van der Waals surface area contributed by atoms with Gasteiger partial charge in [-0.1, -0.05) is 6.58 Å². The molecule has 2 rings (SSSR count). The van der Waals surface area contributed by atoms with Crippen LogP contribution in [0.4, 0.5) is 5.69 Å². The molecule has 0 saturated carbocycles. The molecule has 1 aromatic carbocycles. The van der Waals surface area contributed by atoms with Crippen LogP contribution in [0.25, 0.3) is 10.9 Å². The van der Waals surface area contributed by atoms with E-state index in [4.69, 9.17) is 0 Å². The fourth-order valence-corrected chi connectivity index (χ4v) is 1.76. The highest BCUT2D eigenvalue weighted by Crippen LogP contribution is 2.16. The molecule has 1 aromatic heterocycles. The lowest BCUT2D eigenvalue weighted by atomic mass is 10.2. The van der Waals surface area contributed by atoms with Gasteiger partial charge in [0.2, 0.25) is 0 Å². The molecular weight excluding hydrogens is 266 g/mol. The number of non-ortho nitro benzene ring substituents is 1. The van der Waals surface area contributed by atoms with Crippen molar-refractivity contribution in [3.8, 4) is 0 Å². The van der Waals surface area contributed by atoms with Gasteiger partial charge in [0.1, 0.15) is 0 Å². The van der Waals surface area contributed by atoms with Gasteiger partial charge >= 0.3 is 0 Å². The zero-order chi connectivity index (χ0) is 14.0. The first-order chi connectivity index (χ1) is 9.02. The Labute approximate surface area is 114 Å².